The smallest absolute Gasteiger partial charge is 0.0543 e. The Bertz CT molecular complexity index is 424. The van der Waals surface area contributed by atoms with Crippen molar-refractivity contribution >= 4 is 22.6 Å². The predicted molar refractivity (Wildman–Crippen MR) is 95.5 cm³/mol. The molecule has 0 aromatic carbocycles. The summed E-state index contributed by atoms with van der Waals surface area (Å²) in [5.41, 5.74) is 1.19. The van der Waals surface area contributed by atoms with Gasteiger partial charge in [0.2, 0.25) is 0 Å². The first-order valence-corrected chi connectivity index (χ1v) is 10.5. The lowest BCUT2D eigenvalue weighted by molar-refractivity contribution is -0.119. The lowest BCUT2D eigenvalue weighted by atomic mass is 9.45. The fraction of sp³-hybridized carbons (Fsp3) is 1.00. The Kier molecular flexibility index (Phi) is 3.69. The van der Waals surface area contributed by atoms with Gasteiger partial charge in [-0.05, 0) is 92.3 Å². The fourth-order valence-electron chi connectivity index (χ4n) is 7.17. The second kappa shape index (κ2) is 5.09. The van der Waals surface area contributed by atoms with E-state index in [1.165, 1.54) is 44.9 Å². The number of fused-ring (bicyclic) bond motifs is 5. The van der Waals surface area contributed by atoms with Gasteiger partial charge in [-0.15, -0.1) is 0 Å². The van der Waals surface area contributed by atoms with Crippen molar-refractivity contribution in [1.29, 1.82) is 0 Å². The molecule has 4 aliphatic rings. The third kappa shape index (κ3) is 2.10. The third-order valence-corrected chi connectivity index (χ3v) is 10.6. The van der Waals surface area contributed by atoms with E-state index in [1.807, 2.05) is 0 Å². The van der Waals surface area contributed by atoms with Crippen LogP contribution >= 0.6 is 22.6 Å². The van der Waals surface area contributed by atoms with Crippen molar-refractivity contribution in [3.8, 4) is 0 Å². The summed E-state index contributed by atoms with van der Waals surface area (Å²) < 4.78 is 0.916. The SMILES string of the molecule is C[C@]12CC[C@H](O)CC1CCC1C2CC[C@]2(C)C(I)CCC12. The molecule has 1 nitrogen and oxygen atoms in total. The number of aliphatic hydroxyl groups is 1. The molecule has 21 heavy (non-hydrogen) atoms. The maximum Gasteiger partial charge on any atom is 0.0543 e. The summed E-state index contributed by atoms with van der Waals surface area (Å²) in [4.78, 5) is 0. The Morgan fingerprint density at radius 2 is 1.57 bits per heavy atom. The molecule has 0 spiro atoms. The molecule has 0 aliphatic heterocycles. The maximum absolute atomic E-state index is 10.1. The van der Waals surface area contributed by atoms with Crippen LogP contribution in [0.25, 0.3) is 0 Å². The summed E-state index contributed by atoms with van der Waals surface area (Å²) in [6.07, 6.45) is 12.2. The molecular formula is C19H31IO. The van der Waals surface area contributed by atoms with Crippen LogP contribution in [0.5, 0.6) is 0 Å². The van der Waals surface area contributed by atoms with Gasteiger partial charge in [-0.25, -0.2) is 0 Å². The number of hydrogen-bond acceptors (Lipinski definition) is 1. The quantitative estimate of drug-likeness (QED) is 0.437. The molecule has 4 aliphatic carbocycles. The Morgan fingerprint density at radius 3 is 2.38 bits per heavy atom. The van der Waals surface area contributed by atoms with Gasteiger partial charge in [0, 0.05) is 3.92 Å². The molecule has 0 aromatic heterocycles. The largest absolute Gasteiger partial charge is 0.393 e. The molecule has 4 rings (SSSR count). The highest BCUT2D eigenvalue weighted by Crippen LogP contribution is 2.67. The summed E-state index contributed by atoms with van der Waals surface area (Å²) in [5.74, 6) is 3.77. The van der Waals surface area contributed by atoms with Crippen LogP contribution in [0.2, 0.25) is 0 Å². The average molecular weight is 402 g/mol. The lowest BCUT2D eigenvalue weighted by Crippen LogP contribution is -2.54. The molecular weight excluding hydrogens is 371 g/mol. The van der Waals surface area contributed by atoms with E-state index in [0.717, 1.165) is 40.4 Å². The summed E-state index contributed by atoms with van der Waals surface area (Å²) >= 11 is 2.76. The molecule has 5 unspecified atom stereocenters. The zero-order valence-corrected chi connectivity index (χ0v) is 15.8. The van der Waals surface area contributed by atoms with Crippen LogP contribution in [-0.2, 0) is 0 Å². The molecule has 4 fully saturated rings. The van der Waals surface area contributed by atoms with Gasteiger partial charge < -0.3 is 5.11 Å². The molecule has 120 valence electrons. The molecule has 4 saturated carbocycles. The van der Waals surface area contributed by atoms with Crippen LogP contribution in [0.4, 0.5) is 0 Å². The topological polar surface area (TPSA) is 20.2 Å². The van der Waals surface area contributed by atoms with Crippen molar-refractivity contribution in [1.82, 2.24) is 0 Å². The molecule has 0 bridgehead atoms. The van der Waals surface area contributed by atoms with Crippen molar-refractivity contribution in [3.05, 3.63) is 0 Å². The Morgan fingerprint density at radius 1 is 0.857 bits per heavy atom. The van der Waals surface area contributed by atoms with Crippen molar-refractivity contribution in [3.63, 3.8) is 0 Å². The highest BCUT2D eigenvalue weighted by molar-refractivity contribution is 14.1. The van der Waals surface area contributed by atoms with E-state index < -0.39 is 0 Å². The summed E-state index contributed by atoms with van der Waals surface area (Å²) in [6, 6.07) is 0. The van der Waals surface area contributed by atoms with Gasteiger partial charge in [0.15, 0.2) is 0 Å². The van der Waals surface area contributed by atoms with Crippen LogP contribution in [0, 0.1) is 34.5 Å². The monoisotopic (exact) mass is 402 g/mol. The minimum absolute atomic E-state index is 0.00121. The van der Waals surface area contributed by atoms with E-state index in [9.17, 15) is 5.11 Å². The number of aliphatic hydroxyl groups excluding tert-OH is 1. The van der Waals surface area contributed by atoms with Gasteiger partial charge in [0.1, 0.15) is 0 Å². The van der Waals surface area contributed by atoms with Crippen LogP contribution in [0.15, 0.2) is 0 Å². The van der Waals surface area contributed by atoms with Crippen molar-refractivity contribution < 1.29 is 5.11 Å². The van der Waals surface area contributed by atoms with Crippen LogP contribution in [-0.4, -0.2) is 15.1 Å². The molecule has 1 N–H and O–H groups in total. The number of hydrogen-bond donors (Lipinski definition) is 1. The van der Waals surface area contributed by atoms with Gasteiger partial charge in [-0.3, -0.25) is 0 Å². The third-order valence-electron chi connectivity index (χ3n) is 8.52. The van der Waals surface area contributed by atoms with Crippen molar-refractivity contribution in [2.24, 2.45) is 34.5 Å². The normalized spacial score (nSPS) is 60.0. The van der Waals surface area contributed by atoms with E-state index in [4.69, 9.17) is 0 Å². The molecule has 0 aromatic rings. The standard InChI is InChI=1S/C19H31IO/c1-18-9-7-13(21)11-12(18)3-4-14-15-5-6-17(20)19(15,2)10-8-16(14)18/h12-17,21H,3-11H2,1-2H3/t12?,13-,14?,15?,16?,17?,18-,19-/m0/s1. The Hall–Kier alpha value is 0.690. The van der Waals surface area contributed by atoms with Crippen LogP contribution < -0.4 is 0 Å². The molecule has 8 atom stereocenters. The summed E-state index contributed by atoms with van der Waals surface area (Å²) in [7, 11) is 0. The number of alkyl halides is 1. The summed E-state index contributed by atoms with van der Waals surface area (Å²) in [5, 5.41) is 10.1. The molecule has 0 radical (unpaired) electrons. The Balaban J connectivity index is 1.62. The van der Waals surface area contributed by atoms with Gasteiger partial charge >= 0.3 is 0 Å². The van der Waals surface area contributed by atoms with Gasteiger partial charge in [0.25, 0.3) is 0 Å². The van der Waals surface area contributed by atoms with E-state index >= 15 is 0 Å². The molecule has 0 heterocycles. The lowest BCUT2D eigenvalue weighted by Gasteiger charge is -2.60. The average Bonchev–Trinajstić information content (AvgIpc) is 2.76. The second-order valence-electron chi connectivity index (χ2n) is 9.17. The van der Waals surface area contributed by atoms with Gasteiger partial charge in [-0.1, -0.05) is 36.4 Å². The zero-order valence-electron chi connectivity index (χ0n) is 13.7. The van der Waals surface area contributed by atoms with E-state index in [-0.39, 0.29) is 6.10 Å². The second-order valence-corrected chi connectivity index (χ2v) is 10.7. The van der Waals surface area contributed by atoms with Gasteiger partial charge in [-0.2, -0.15) is 0 Å². The highest BCUT2D eigenvalue weighted by atomic mass is 127. The van der Waals surface area contributed by atoms with E-state index in [1.54, 1.807) is 0 Å². The number of rotatable bonds is 0. The minimum Gasteiger partial charge on any atom is -0.393 e. The predicted octanol–water partition coefficient (Wildman–Crippen LogP) is 5.19. The highest BCUT2D eigenvalue weighted by Gasteiger charge is 2.59. The zero-order chi connectivity index (χ0) is 14.8. The van der Waals surface area contributed by atoms with E-state index in [0.29, 0.717) is 10.8 Å². The molecule has 2 heteroatoms. The summed E-state index contributed by atoms with van der Waals surface area (Å²) in [6.45, 7) is 5.20. The maximum atomic E-state index is 10.1. The van der Waals surface area contributed by atoms with Crippen molar-refractivity contribution in [2.45, 2.75) is 81.7 Å². The van der Waals surface area contributed by atoms with Crippen molar-refractivity contribution in [2.75, 3.05) is 0 Å². The Labute approximate surface area is 143 Å². The van der Waals surface area contributed by atoms with Gasteiger partial charge in [0.05, 0.1) is 6.10 Å². The number of halogens is 1. The molecule has 0 saturated heterocycles. The first kappa shape index (κ1) is 15.2. The first-order chi connectivity index (χ1) is 9.95. The van der Waals surface area contributed by atoms with E-state index in [2.05, 4.69) is 36.4 Å². The fourth-order valence-corrected chi connectivity index (χ4v) is 8.30. The molecule has 0 amide bonds. The minimum atomic E-state index is -0.00121. The van der Waals surface area contributed by atoms with Crippen LogP contribution in [0.1, 0.15) is 71.6 Å². The first-order valence-electron chi connectivity index (χ1n) is 9.27. The van der Waals surface area contributed by atoms with Crippen LogP contribution in [0.3, 0.4) is 0 Å².